The van der Waals surface area contributed by atoms with Gasteiger partial charge in [-0.3, -0.25) is 9.13 Å². The molecule has 0 unspecified atom stereocenters. The highest BCUT2D eigenvalue weighted by Gasteiger charge is 2.23. The van der Waals surface area contributed by atoms with Crippen molar-refractivity contribution in [2.24, 2.45) is 0 Å². The molecule has 0 aliphatic rings. The van der Waals surface area contributed by atoms with Crippen molar-refractivity contribution in [1.29, 1.82) is 0 Å². The van der Waals surface area contributed by atoms with Crippen molar-refractivity contribution in [3.05, 3.63) is 144 Å². The summed E-state index contributed by atoms with van der Waals surface area (Å²) in [5, 5.41) is 2.44. The Hall–Kier alpha value is -5.48. The third-order valence-electron chi connectivity index (χ3n) is 10.1. The average Bonchev–Trinajstić information content (AvgIpc) is 3.67. The summed E-state index contributed by atoms with van der Waals surface area (Å²) in [5.74, 6) is 2.61. The zero-order valence-electron chi connectivity index (χ0n) is 30.1. The molecule has 0 radical (unpaired) electrons. The van der Waals surface area contributed by atoms with E-state index in [0.717, 1.165) is 50.4 Å². The van der Waals surface area contributed by atoms with E-state index in [9.17, 15) is 0 Å². The molecule has 8 rings (SSSR count). The minimum absolute atomic E-state index is 0.0400. The molecule has 0 N–H and O–H groups in total. The van der Waals surface area contributed by atoms with Crippen LogP contribution in [0.15, 0.2) is 128 Å². The Kier molecular flexibility index (Phi) is 7.71. The number of benzene rings is 5. The van der Waals surface area contributed by atoms with Gasteiger partial charge in [-0.15, -0.1) is 0 Å². The molecule has 0 saturated heterocycles. The normalized spacial score (nSPS) is 12.3. The number of hydrogen-bond acceptors (Lipinski definition) is 2. The largest absolute Gasteiger partial charge is 0.294 e. The number of hydrogen-bond donors (Lipinski definition) is 0. The van der Waals surface area contributed by atoms with Crippen molar-refractivity contribution in [2.75, 3.05) is 0 Å². The van der Waals surface area contributed by atoms with Crippen LogP contribution in [-0.4, -0.2) is 19.1 Å². The molecule has 0 bridgehead atoms. The summed E-state index contributed by atoms with van der Waals surface area (Å²) < 4.78 is 4.72. The first-order chi connectivity index (χ1) is 24.1. The van der Waals surface area contributed by atoms with Gasteiger partial charge in [0.15, 0.2) is 0 Å². The lowest BCUT2D eigenvalue weighted by molar-refractivity contribution is 0.587. The van der Waals surface area contributed by atoms with Crippen molar-refractivity contribution in [2.45, 2.75) is 65.7 Å². The topological polar surface area (TPSA) is 35.6 Å². The predicted octanol–water partition coefficient (Wildman–Crippen LogP) is 12.4. The molecule has 248 valence electrons. The van der Waals surface area contributed by atoms with Crippen LogP contribution in [0.3, 0.4) is 0 Å². The van der Waals surface area contributed by atoms with E-state index in [-0.39, 0.29) is 5.41 Å². The van der Waals surface area contributed by atoms with Gasteiger partial charge in [0, 0.05) is 22.5 Å². The summed E-state index contributed by atoms with van der Waals surface area (Å²) in [6.45, 7) is 15.8. The van der Waals surface area contributed by atoms with Crippen molar-refractivity contribution in [1.82, 2.24) is 19.1 Å². The second-order valence-corrected chi connectivity index (χ2v) is 15.2. The molecule has 5 aromatic carbocycles. The lowest BCUT2D eigenvalue weighted by atomic mass is 9.88. The molecule has 0 fully saturated rings. The summed E-state index contributed by atoms with van der Waals surface area (Å²) in [5.41, 5.74) is 13.0. The first-order valence-electron chi connectivity index (χ1n) is 17.8. The molecule has 50 heavy (non-hydrogen) atoms. The van der Waals surface area contributed by atoms with Gasteiger partial charge in [0.05, 0.1) is 27.8 Å². The predicted molar refractivity (Wildman–Crippen MR) is 211 cm³/mol. The summed E-state index contributed by atoms with van der Waals surface area (Å²) in [4.78, 5) is 10.3. The van der Waals surface area contributed by atoms with Gasteiger partial charge in [-0.2, -0.15) is 0 Å². The van der Waals surface area contributed by atoms with E-state index in [1.807, 2.05) is 6.20 Å². The Balaban J connectivity index is 1.32. The van der Waals surface area contributed by atoms with Crippen LogP contribution in [0.2, 0.25) is 0 Å². The van der Waals surface area contributed by atoms with Gasteiger partial charge in [0.1, 0.15) is 11.6 Å². The average molecular weight is 653 g/mol. The Morgan fingerprint density at radius 2 is 1.18 bits per heavy atom. The van der Waals surface area contributed by atoms with Crippen LogP contribution >= 0.6 is 0 Å². The minimum atomic E-state index is 0.0400. The second-order valence-electron chi connectivity index (χ2n) is 15.2. The van der Waals surface area contributed by atoms with Gasteiger partial charge in [-0.05, 0) is 81.5 Å². The van der Waals surface area contributed by atoms with E-state index >= 15 is 0 Å². The zero-order valence-corrected chi connectivity index (χ0v) is 30.1. The smallest absolute Gasteiger partial charge is 0.145 e. The zero-order chi connectivity index (χ0) is 34.7. The molecule has 0 spiro atoms. The van der Waals surface area contributed by atoms with Crippen molar-refractivity contribution in [3.8, 4) is 34.0 Å². The van der Waals surface area contributed by atoms with E-state index in [1.165, 1.54) is 33.2 Å². The van der Waals surface area contributed by atoms with Crippen molar-refractivity contribution < 1.29 is 0 Å². The van der Waals surface area contributed by atoms with E-state index in [4.69, 9.17) is 9.97 Å². The molecule has 3 heterocycles. The standard InChI is InChI=1S/C46H44N4/c1-29(2)35-17-13-18-36(30(3)4)44(35)50-41-21-11-9-19-39(41)48-45(50)33-15-12-14-31(26-33)32-22-24-38-37-16-8-10-20-40(37)49(42(38)27-32)43-25-23-34(28-47-43)46(5,6)7/h8-30H,1-7H3. The third kappa shape index (κ3) is 5.31. The molecular weight excluding hydrogens is 609 g/mol. The lowest BCUT2D eigenvalue weighted by Gasteiger charge is -2.22. The molecule has 4 heteroatoms. The highest BCUT2D eigenvalue weighted by molar-refractivity contribution is 6.10. The van der Waals surface area contributed by atoms with Gasteiger partial charge in [-0.25, -0.2) is 9.97 Å². The number of imidazole rings is 1. The number of aromatic nitrogens is 4. The summed E-state index contributed by atoms with van der Waals surface area (Å²) in [6, 6.07) is 44.0. The van der Waals surface area contributed by atoms with E-state index in [0.29, 0.717) is 11.8 Å². The van der Waals surface area contributed by atoms with Crippen LogP contribution < -0.4 is 0 Å². The number of nitrogens with zero attached hydrogens (tertiary/aromatic N) is 4. The van der Waals surface area contributed by atoms with Gasteiger partial charge in [-0.1, -0.05) is 133 Å². The summed E-state index contributed by atoms with van der Waals surface area (Å²) in [6.07, 6.45) is 2.03. The van der Waals surface area contributed by atoms with Gasteiger partial charge in [0.25, 0.3) is 0 Å². The maximum absolute atomic E-state index is 5.30. The molecule has 0 aliphatic heterocycles. The number of fused-ring (bicyclic) bond motifs is 4. The Bertz CT molecular complexity index is 2490. The van der Waals surface area contributed by atoms with Crippen molar-refractivity contribution in [3.63, 3.8) is 0 Å². The monoisotopic (exact) mass is 652 g/mol. The van der Waals surface area contributed by atoms with Crippen LogP contribution in [0, 0.1) is 0 Å². The summed E-state index contributed by atoms with van der Waals surface area (Å²) in [7, 11) is 0. The molecule has 0 saturated carbocycles. The molecule has 3 aromatic heterocycles. The molecule has 0 atom stereocenters. The quantitative estimate of drug-likeness (QED) is 0.179. The highest BCUT2D eigenvalue weighted by atomic mass is 15.1. The molecule has 0 aliphatic carbocycles. The number of rotatable bonds is 6. The Morgan fingerprint density at radius 1 is 0.540 bits per heavy atom. The number of para-hydroxylation sites is 4. The highest BCUT2D eigenvalue weighted by Crippen LogP contribution is 2.39. The van der Waals surface area contributed by atoms with Gasteiger partial charge >= 0.3 is 0 Å². The minimum Gasteiger partial charge on any atom is -0.294 e. The fourth-order valence-corrected chi connectivity index (χ4v) is 7.41. The Labute approximate surface area is 295 Å². The first kappa shape index (κ1) is 31.8. The Morgan fingerprint density at radius 3 is 1.88 bits per heavy atom. The van der Waals surface area contributed by atoms with Crippen LogP contribution in [0.1, 0.15) is 77.0 Å². The van der Waals surface area contributed by atoms with Crippen molar-refractivity contribution >= 4 is 32.8 Å². The second kappa shape index (κ2) is 12.1. The fourth-order valence-electron chi connectivity index (χ4n) is 7.41. The van der Waals surface area contributed by atoms with E-state index < -0.39 is 0 Å². The van der Waals surface area contributed by atoms with Crippen LogP contribution in [0.25, 0.3) is 66.9 Å². The van der Waals surface area contributed by atoms with Crippen LogP contribution in [-0.2, 0) is 5.41 Å². The maximum Gasteiger partial charge on any atom is 0.145 e. The van der Waals surface area contributed by atoms with E-state index in [1.54, 1.807) is 0 Å². The molecule has 0 amide bonds. The third-order valence-corrected chi connectivity index (χ3v) is 10.1. The van der Waals surface area contributed by atoms with E-state index in [2.05, 4.69) is 179 Å². The van der Waals surface area contributed by atoms with Crippen LogP contribution in [0.5, 0.6) is 0 Å². The lowest BCUT2D eigenvalue weighted by Crippen LogP contribution is -2.11. The molecule has 4 nitrogen and oxygen atoms in total. The SMILES string of the molecule is CC(C)c1cccc(C(C)C)c1-n1c(-c2cccc(-c3ccc4c5ccccc5n(-c5ccc(C(C)(C)C)cn5)c4c3)c2)nc2ccccc21. The van der Waals surface area contributed by atoms with Gasteiger partial charge < -0.3 is 0 Å². The van der Waals surface area contributed by atoms with Gasteiger partial charge in [0.2, 0.25) is 0 Å². The van der Waals surface area contributed by atoms with Crippen LogP contribution in [0.4, 0.5) is 0 Å². The first-order valence-corrected chi connectivity index (χ1v) is 17.8. The molecule has 8 aromatic rings. The maximum atomic E-state index is 5.30. The number of pyridine rings is 1. The summed E-state index contributed by atoms with van der Waals surface area (Å²) >= 11 is 0. The molecular formula is C46H44N4. The fraction of sp³-hybridized carbons (Fsp3) is 0.217.